The van der Waals surface area contributed by atoms with Crippen molar-refractivity contribution < 1.29 is 14.3 Å². The van der Waals surface area contributed by atoms with E-state index >= 15 is 0 Å². The third-order valence-corrected chi connectivity index (χ3v) is 5.16. The number of nitrogens with zero attached hydrogens (tertiary/aromatic N) is 1. The third kappa shape index (κ3) is 6.72. The summed E-state index contributed by atoms with van der Waals surface area (Å²) in [7, 11) is 0. The molecule has 2 amide bonds. The number of hydrogen-bond donors (Lipinski definition) is 2. The number of halogens is 3. The summed E-state index contributed by atoms with van der Waals surface area (Å²) in [5.41, 5.74) is 4.86. The number of anilines is 1. The zero-order chi connectivity index (χ0) is 23.1. The smallest absolute Gasteiger partial charge is 0.271 e. The number of carbonyl (C=O) groups is 2. The Morgan fingerprint density at radius 1 is 0.969 bits per heavy atom. The van der Waals surface area contributed by atoms with E-state index in [4.69, 9.17) is 39.5 Å². The van der Waals surface area contributed by atoms with E-state index in [0.29, 0.717) is 37.6 Å². The van der Waals surface area contributed by atoms with Crippen LogP contribution in [0.4, 0.5) is 5.69 Å². The zero-order valence-corrected chi connectivity index (χ0v) is 19.1. The van der Waals surface area contributed by atoms with Crippen molar-refractivity contribution in [1.82, 2.24) is 5.43 Å². The van der Waals surface area contributed by atoms with Gasteiger partial charge in [-0.15, -0.1) is 0 Å². The van der Waals surface area contributed by atoms with Gasteiger partial charge in [0.15, 0.2) is 0 Å². The van der Waals surface area contributed by atoms with Crippen LogP contribution in [0.2, 0.25) is 15.1 Å². The molecule has 0 unspecified atom stereocenters. The molecule has 3 aromatic carbocycles. The van der Waals surface area contributed by atoms with Crippen LogP contribution in [0.5, 0.6) is 5.75 Å². The fraction of sp³-hybridized carbons (Fsp3) is 0.0870. The largest absolute Gasteiger partial charge is 0.488 e. The van der Waals surface area contributed by atoms with E-state index < -0.39 is 5.91 Å². The molecule has 0 aromatic heterocycles. The van der Waals surface area contributed by atoms with Gasteiger partial charge in [-0.2, -0.15) is 5.10 Å². The van der Waals surface area contributed by atoms with Crippen molar-refractivity contribution in [3.63, 3.8) is 0 Å². The van der Waals surface area contributed by atoms with E-state index in [2.05, 4.69) is 15.8 Å². The Kier molecular flexibility index (Phi) is 8.11. The minimum Gasteiger partial charge on any atom is -0.488 e. The van der Waals surface area contributed by atoms with Crippen LogP contribution in [0.15, 0.2) is 65.8 Å². The van der Waals surface area contributed by atoms with E-state index in [-0.39, 0.29) is 12.5 Å². The van der Waals surface area contributed by atoms with Gasteiger partial charge in [-0.3, -0.25) is 9.59 Å². The molecule has 32 heavy (non-hydrogen) atoms. The maximum atomic E-state index is 12.3. The average molecular weight is 491 g/mol. The fourth-order valence-corrected chi connectivity index (χ4v) is 3.18. The Morgan fingerprint density at radius 2 is 1.72 bits per heavy atom. The van der Waals surface area contributed by atoms with Crippen molar-refractivity contribution in [3.05, 3.63) is 92.4 Å². The summed E-state index contributed by atoms with van der Waals surface area (Å²) in [6.45, 7) is 1.67. The summed E-state index contributed by atoms with van der Waals surface area (Å²) in [6.07, 6.45) is 1.44. The second-order valence-electron chi connectivity index (χ2n) is 6.68. The van der Waals surface area contributed by atoms with Crippen LogP contribution in [0.25, 0.3) is 0 Å². The SMILES string of the molecule is CC(=O)Nc1ccc(C(=O)N/N=C\c2cc(Cl)ccc2OCc2ccc(Cl)c(Cl)c2)cc1. The zero-order valence-electron chi connectivity index (χ0n) is 16.9. The molecular weight excluding hydrogens is 473 g/mol. The Hall–Kier alpha value is -3.06. The van der Waals surface area contributed by atoms with Crippen molar-refractivity contribution >= 4 is 58.5 Å². The lowest BCUT2D eigenvalue weighted by Gasteiger charge is -2.10. The first kappa shape index (κ1) is 23.6. The minimum absolute atomic E-state index is 0.189. The number of rotatable bonds is 7. The molecule has 164 valence electrons. The van der Waals surface area contributed by atoms with Gasteiger partial charge >= 0.3 is 0 Å². The fourth-order valence-electron chi connectivity index (χ4n) is 2.68. The average Bonchev–Trinajstić information content (AvgIpc) is 2.75. The predicted molar refractivity (Wildman–Crippen MR) is 128 cm³/mol. The van der Waals surface area contributed by atoms with E-state index in [9.17, 15) is 9.59 Å². The molecule has 0 aliphatic rings. The van der Waals surface area contributed by atoms with Crippen LogP contribution in [-0.4, -0.2) is 18.0 Å². The summed E-state index contributed by atoms with van der Waals surface area (Å²) in [4.78, 5) is 23.4. The van der Waals surface area contributed by atoms with Crippen molar-refractivity contribution in [1.29, 1.82) is 0 Å². The van der Waals surface area contributed by atoms with Crippen LogP contribution in [0, 0.1) is 0 Å². The summed E-state index contributed by atoms with van der Waals surface area (Å²) >= 11 is 18.1. The molecule has 0 saturated heterocycles. The van der Waals surface area contributed by atoms with E-state index in [0.717, 1.165) is 5.56 Å². The topological polar surface area (TPSA) is 79.8 Å². The van der Waals surface area contributed by atoms with Gasteiger partial charge in [0.1, 0.15) is 12.4 Å². The summed E-state index contributed by atoms with van der Waals surface area (Å²) in [6, 6.07) is 16.7. The Morgan fingerprint density at radius 3 is 2.41 bits per heavy atom. The molecular formula is C23H18Cl3N3O3. The molecule has 3 rings (SSSR count). The normalized spacial score (nSPS) is 10.8. The lowest BCUT2D eigenvalue weighted by molar-refractivity contribution is -0.114. The molecule has 0 saturated carbocycles. The Labute approximate surface area is 200 Å². The Bertz CT molecular complexity index is 1160. The van der Waals surface area contributed by atoms with Crippen molar-refractivity contribution in [2.24, 2.45) is 5.10 Å². The molecule has 2 N–H and O–H groups in total. The standard InChI is InChI=1S/C23H18Cl3N3O3/c1-14(30)28-19-6-3-16(4-7-19)23(31)29-27-12-17-11-18(24)5-9-22(17)32-13-15-2-8-20(25)21(26)10-15/h2-12H,13H2,1H3,(H,28,30)(H,29,31)/b27-12-. The molecule has 0 aliphatic heterocycles. The second-order valence-corrected chi connectivity index (χ2v) is 7.93. The van der Waals surface area contributed by atoms with E-state index in [1.165, 1.54) is 13.1 Å². The highest BCUT2D eigenvalue weighted by molar-refractivity contribution is 6.42. The van der Waals surface area contributed by atoms with Gasteiger partial charge < -0.3 is 10.1 Å². The van der Waals surface area contributed by atoms with Crippen LogP contribution in [0.3, 0.4) is 0 Å². The van der Waals surface area contributed by atoms with E-state index in [1.54, 1.807) is 54.6 Å². The van der Waals surface area contributed by atoms with Crippen LogP contribution < -0.4 is 15.5 Å². The van der Waals surface area contributed by atoms with Crippen molar-refractivity contribution in [3.8, 4) is 5.75 Å². The van der Waals surface area contributed by atoms with Gasteiger partial charge in [0.25, 0.3) is 5.91 Å². The van der Waals surface area contributed by atoms with Crippen LogP contribution in [-0.2, 0) is 11.4 Å². The molecule has 3 aromatic rings. The first-order valence-electron chi connectivity index (χ1n) is 9.39. The summed E-state index contributed by atoms with van der Waals surface area (Å²) in [5, 5.41) is 8.04. The monoisotopic (exact) mass is 489 g/mol. The molecule has 0 bridgehead atoms. The maximum Gasteiger partial charge on any atom is 0.271 e. The van der Waals surface area contributed by atoms with E-state index in [1.807, 2.05) is 6.07 Å². The molecule has 0 fully saturated rings. The number of ether oxygens (including phenoxy) is 1. The predicted octanol–water partition coefficient (Wildman–Crippen LogP) is 5.95. The number of amides is 2. The van der Waals surface area contributed by atoms with Gasteiger partial charge in [-0.05, 0) is 60.2 Å². The molecule has 0 aliphatic carbocycles. The number of hydrogen-bond acceptors (Lipinski definition) is 4. The van der Waals surface area contributed by atoms with Gasteiger partial charge in [-0.1, -0.05) is 40.9 Å². The van der Waals surface area contributed by atoms with Gasteiger partial charge in [-0.25, -0.2) is 5.43 Å². The lowest BCUT2D eigenvalue weighted by atomic mass is 10.2. The third-order valence-electron chi connectivity index (χ3n) is 4.19. The van der Waals surface area contributed by atoms with Gasteiger partial charge in [0.2, 0.25) is 5.91 Å². The van der Waals surface area contributed by atoms with Gasteiger partial charge in [0.05, 0.1) is 16.3 Å². The highest BCUT2D eigenvalue weighted by Crippen LogP contribution is 2.25. The molecule has 0 spiro atoms. The molecule has 0 heterocycles. The van der Waals surface area contributed by atoms with Crippen LogP contribution in [0.1, 0.15) is 28.4 Å². The quantitative estimate of drug-likeness (QED) is 0.317. The summed E-state index contributed by atoms with van der Waals surface area (Å²) in [5.74, 6) is -0.0698. The highest BCUT2D eigenvalue weighted by Gasteiger charge is 2.07. The second kappa shape index (κ2) is 11.0. The highest BCUT2D eigenvalue weighted by atomic mass is 35.5. The first-order chi connectivity index (χ1) is 15.3. The van der Waals surface area contributed by atoms with Crippen molar-refractivity contribution in [2.75, 3.05) is 5.32 Å². The number of nitrogens with one attached hydrogen (secondary N) is 2. The maximum absolute atomic E-state index is 12.3. The molecule has 0 atom stereocenters. The first-order valence-corrected chi connectivity index (χ1v) is 10.5. The van der Waals surface area contributed by atoms with Crippen molar-refractivity contribution in [2.45, 2.75) is 13.5 Å². The molecule has 9 heteroatoms. The lowest BCUT2D eigenvalue weighted by Crippen LogP contribution is -2.17. The number of hydrazone groups is 1. The number of benzene rings is 3. The minimum atomic E-state index is -0.407. The Balaban J connectivity index is 1.65. The molecule has 0 radical (unpaired) electrons. The summed E-state index contributed by atoms with van der Waals surface area (Å²) < 4.78 is 5.86. The van der Waals surface area contributed by atoms with Gasteiger partial charge in [0, 0.05) is 28.8 Å². The molecule has 6 nitrogen and oxygen atoms in total. The number of carbonyl (C=O) groups excluding carboxylic acids is 2. The van der Waals surface area contributed by atoms with Crippen LogP contribution >= 0.6 is 34.8 Å².